The van der Waals surface area contributed by atoms with Crippen molar-refractivity contribution in [1.29, 1.82) is 0 Å². The lowest BCUT2D eigenvalue weighted by atomic mass is 9.97. The molecule has 0 bridgehead atoms. The van der Waals surface area contributed by atoms with E-state index in [2.05, 4.69) is 5.32 Å². The van der Waals surface area contributed by atoms with E-state index in [1.54, 1.807) is 54.6 Å². The summed E-state index contributed by atoms with van der Waals surface area (Å²) in [6.45, 7) is -0.246. The molecule has 28 heavy (non-hydrogen) atoms. The molecule has 0 saturated heterocycles. The number of carboxylic acid groups (broad SMARTS) is 1. The lowest BCUT2D eigenvalue weighted by molar-refractivity contribution is -0.138. The molecule has 0 heterocycles. The van der Waals surface area contributed by atoms with Crippen LogP contribution in [0.15, 0.2) is 54.6 Å². The van der Waals surface area contributed by atoms with Gasteiger partial charge < -0.3 is 20.2 Å². The number of nitrogens with one attached hydrogen (secondary N) is 1. The van der Waals surface area contributed by atoms with E-state index < -0.39 is 37.5 Å². The van der Waals surface area contributed by atoms with Crippen LogP contribution in [0.4, 0.5) is 0 Å². The van der Waals surface area contributed by atoms with Crippen molar-refractivity contribution in [2.24, 2.45) is 5.92 Å². The van der Waals surface area contributed by atoms with Crippen LogP contribution < -0.4 is 5.32 Å². The largest absolute Gasteiger partial charge is 0.481 e. The van der Waals surface area contributed by atoms with Crippen LogP contribution in [-0.4, -0.2) is 39.5 Å². The van der Waals surface area contributed by atoms with E-state index in [4.69, 9.17) is 11.6 Å². The Labute approximate surface area is 167 Å². The highest BCUT2D eigenvalue weighted by Crippen LogP contribution is 2.38. The first-order valence-electron chi connectivity index (χ1n) is 8.51. The minimum absolute atomic E-state index is 0.127. The van der Waals surface area contributed by atoms with Gasteiger partial charge in [-0.25, -0.2) is 0 Å². The predicted octanol–water partition coefficient (Wildman–Crippen LogP) is 2.66. The van der Waals surface area contributed by atoms with Gasteiger partial charge >= 0.3 is 13.6 Å². The number of amides is 1. The maximum absolute atomic E-state index is 12.6. The Bertz CT molecular complexity index is 870. The Hall–Kier alpha value is -2.18. The Morgan fingerprint density at radius 1 is 1.04 bits per heavy atom. The zero-order valence-corrected chi connectivity index (χ0v) is 16.5. The zero-order valence-electron chi connectivity index (χ0n) is 14.9. The highest BCUT2D eigenvalue weighted by Gasteiger charge is 2.29. The predicted molar refractivity (Wildman–Crippen MR) is 105 cm³/mol. The van der Waals surface area contributed by atoms with Crippen LogP contribution in [0, 0.1) is 5.92 Å². The maximum atomic E-state index is 12.6. The van der Waals surface area contributed by atoms with Crippen molar-refractivity contribution in [1.82, 2.24) is 5.32 Å². The monoisotopic (exact) mass is 425 g/mol. The molecule has 2 aromatic carbocycles. The fourth-order valence-electron chi connectivity index (χ4n) is 2.86. The summed E-state index contributed by atoms with van der Waals surface area (Å²) in [5.74, 6) is -3.86. The molecule has 0 saturated carbocycles. The molecule has 0 radical (unpaired) electrons. The molecule has 4 N–H and O–H groups in total. The Morgan fingerprint density at radius 3 is 2.21 bits per heavy atom. The Morgan fingerprint density at radius 2 is 1.64 bits per heavy atom. The van der Waals surface area contributed by atoms with Gasteiger partial charge in [-0.05, 0) is 23.6 Å². The second kappa shape index (κ2) is 9.85. The average Bonchev–Trinajstić information content (AvgIpc) is 2.62. The molecule has 2 aromatic rings. The molecule has 0 spiro atoms. The van der Waals surface area contributed by atoms with E-state index in [0.29, 0.717) is 5.56 Å². The Kier molecular flexibility index (Phi) is 7.78. The fourth-order valence-corrected chi connectivity index (χ4v) is 4.00. The summed E-state index contributed by atoms with van der Waals surface area (Å²) in [7, 11) is -4.44. The number of rotatable bonds is 9. The topological polar surface area (TPSA) is 124 Å². The normalized spacial score (nSPS) is 13.5. The minimum atomic E-state index is -4.44. The Balaban J connectivity index is 2.13. The van der Waals surface area contributed by atoms with Gasteiger partial charge in [-0.3, -0.25) is 14.2 Å². The molecular weight excluding hydrogens is 405 g/mol. The lowest BCUT2D eigenvalue weighted by Gasteiger charge is -2.20. The summed E-state index contributed by atoms with van der Waals surface area (Å²) in [6.07, 6.45) is -0.501. The van der Waals surface area contributed by atoms with Crippen molar-refractivity contribution in [3.8, 4) is 0 Å². The highest BCUT2D eigenvalue weighted by atomic mass is 35.5. The summed E-state index contributed by atoms with van der Waals surface area (Å²) in [5, 5.41) is 12.3. The van der Waals surface area contributed by atoms with Gasteiger partial charge in [0.25, 0.3) is 0 Å². The third-order valence-corrected chi connectivity index (χ3v) is 5.47. The van der Waals surface area contributed by atoms with Gasteiger partial charge in [-0.1, -0.05) is 60.1 Å². The number of benzene rings is 2. The second-order valence-corrected chi connectivity index (χ2v) is 8.49. The van der Waals surface area contributed by atoms with Gasteiger partial charge in [0.1, 0.15) is 5.92 Å². The molecule has 9 heteroatoms. The summed E-state index contributed by atoms with van der Waals surface area (Å²) >= 11 is 6.06. The smallest absolute Gasteiger partial charge is 0.326 e. The third kappa shape index (κ3) is 6.77. The number of carboxylic acids is 1. The van der Waals surface area contributed by atoms with E-state index in [1.165, 1.54) is 0 Å². The van der Waals surface area contributed by atoms with Crippen LogP contribution in [-0.2, 0) is 20.6 Å². The van der Waals surface area contributed by atoms with Crippen molar-refractivity contribution in [3.05, 3.63) is 70.7 Å². The number of aliphatic carboxylic acids is 1. The van der Waals surface area contributed by atoms with Crippen LogP contribution in [0.1, 0.15) is 17.0 Å². The summed E-state index contributed by atoms with van der Waals surface area (Å²) in [6, 6.07) is 15.3. The third-order valence-electron chi connectivity index (χ3n) is 4.21. The molecule has 150 valence electrons. The van der Waals surface area contributed by atoms with Crippen LogP contribution in [0.5, 0.6) is 0 Å². The minimum Gasteiger partial charge on any atom is -0.481 e. The van der Waals surface area contributed by atoms with Gasteiger partial charge in [0.05, 0.1) is 12.1 Å². The number of carbonyl (C=O) groups excluding carboxylic acids is 1. The molecule has 0 aliphatic heterocycles. The SMILES string of the molecule is O=C(NCC(C(=O)O)c1ccccc1Cl)C(Cc1ccccc1)CP(=O)(O)O. The molecule has 0 aromatic heterocycles. The lowest BCUT2D eigenvalue weighted by Crippen LogP contribution is -2.38. The molecular formula is C19H21ClNO6P. The van der Waals surface area contributed by atoms with Gasteiger partial charge in [0.15, 0.2) is 0 Å². The quantitative estimate of drug-likeness (QED) is 0.458. The molecule has 0 aliphatic carbocycles. The van der Waals surface area contributed by atoms with E-state index in [9.17, 15) is 29.0 Å². The van der Waals surface area contributed by atoms with Crippen molar-refractivity contribution in [2.45, 2.75) is 12.3 Å². The second-order valence-electron chi connectivity index (χ2n) is 6.39. The first kappa shape index (κ1) is 22.1. The molecule has 1 amide bonds. The summed E-state index contributed by atoms with van der Waals surface area (Å²) in [5.41, 5.74) is 1.10. The van der Waals surface area contributed by atoms with Crippen molar-refractivity contribution < 1.29 is 29.0 Å². The van der Waals surface area contributed by atoms with Crippen molar-refractivity contribution in [3.63, 3.8) is 0 Å². The zero-order chi connectivity index (χ0) is 20.7. The fraction of sp³-hybridized carbons (Fsp3) is 0.263. The molecule has 2 rings (SSSR count). The van der Waals surface area contributed by atoms with E-state index in [0.717, 1.165) is 5.56 Å². The van der Waals surface area contributed by atoms with Gasteiger partial charge in [-0.2, -0.15) is 0 Å². The van der Waals surface area contributed by atoms with E-state index >= 15 is 0 Å². The van der Waals surface area contributed by atoms with Crippen LogP contribution in [0.2, 0.25) is 5.02 Å². The van der Waals surface area contributed by atoms with Crippen LogP contribution in [0.3, 0.4) is 0 Å². The maximum Gasteiger partial charge on any atom is 0.326 e. The summed E-state index contributed by atoms with van der Waals surface area (Å²) < 4.78 is 11.5. The van der Waals surface area contributed by atoms with Crippen LogP contribution in [0.25, 0.3) is 0 Å². The van der Waals surface area contributed by atoms with Gasteiger partial charge in [0, 0.05) is 11.6 Å². The number of hydrogen-bond acceptors (Lipinski definition) is 3. The highest BCUT2D eigenvalue weighted by molar-refractivity contribution is 7.51. The average molecular weight is 426 g/mol. The van der Waals surface area contributed by atoms with Crippen molar-refractivity contribution >= 4 is 31.1 Å². The number of halogens is 1. The first-order valence-corrected chi connectivity index (χ1v) is 10.7. The number of hydrogen-bond donors (Lipinski definition) is 4. The van der Waals surface area contributed by atoms with Gasteiger partial charge in [-0.15, -0.1) is 0 Å². The molecule has 0 aliphatic rings. The molecule has 7 nitrogen and oxygen atoms in total. The first-order chi connectivity index (χ1) is 13.2. The van der Waals surface area contributed by atoms with E-state index in [1.807, 2.05) is 0 Å². The standard InChI is InChI=1S/C19H21ClNO6P/c20-17-9-5-4-8-15(17)16(19(23)24)11-21-18(22)14(12-28(25,26)27)10-13-6-2-1-3-7-13/h1-9,14,16H,10-12H2,(H,21,22)(H,23,24)(H2,25,26,27). The number of carbonyl (C=O) groups is 2. The van der Waals surface area contributed by atoms with Crippen LogP contribution >= 0.6 is 19.2 Å². The molecule has 2 unspecified atom stereocenters. The van der Waals surface area contributed by atoms with Crippen molar-refractivity contribution in [2.75, 3.05) is 12.7 Å². The summed E-state index contributed by atoms with van der Waals surface area (Å²) in [4.78, 5) is 42.8. The van der Waals surface area contributed by atoms with Gasteiger partial charge in [0.2, 0.25) is 5.91 Å². The van der Waals surface area contributed by atoms with E-state index in [-0.39, 0.29) is 18.0 Å². The molecule has 0 fully saturated rings. The molecule has 2 atom stereocenters.